The molecule has 51 heavy (non-hydrogen) atoms. The van der Waals surface area contributed by atoms with E-state index in [2.05, 4.69) is 60.5 Å². The minimum atomic E-state index is -1.28. The highest BCUT2D eigenvalue weighted by Gasteiger charge is 2.45. The lowest BCUT2D eigenvalue weighted by atomic mass is 9.88. The molecular formula is C37H59N7O5Si2. The van der Waals surface area contributed by atoms with Crippen LogP contribution in [0.5, 0.6) is 0 Å². The van der Waals surface area contributed by atoms with Gasteiger partial charge < -0.3 is 29.3 Å². The molecule has 2 saturated heterocycles. The molecule has 2 aliphatic heterocycles. The van der Waals surface area contributed by atoms with E-state index < -0.39 is 21.7 Å². The number of fused-ring (bicyclic) bond motifs is 3. The van der Waals surface area contributed by atoms with Crippen LogP contribution in [0.3, 0.4) is 0 Å². The minimum absolute atomic E-state index is 0.0989. The Morgan fingerprint density at radius 1 is 0.941 bits per heavy atom. The number of pyridine rings is 1. The van der Waals surface area contributed by atoms with E-state index in [9.17, 15) is 9.59 Å². The molecule has 2 bridgehead atoms. The van der Waals surface area contributed by atoms with Crippen molar-refractivity contribution in [2.45, 2.75) is 121 Å². The van der Waals surface area contributed by atoms with Crippen LogP contribution in [0.15, 0.2) is 30.6 Å². The van der Waals surface area contributed by atoms with Crippen LogP contribution in [0.4, 0.5) is 10.6 Å². The van der Waals surface area contributed by atoms with Gasteiger partial charge in [0.2, 0.25) is 0 Å². The van der Waals surface area contributed by atoms with Crippen LogP contribution in [-0.2, 0) is 14.2 Å². The highest BCUT2D eigenvalue weighted by molar-refractivity contribution is 6.76. The van der Waals surface area contributed by atoms with E-state index in [1.807, 2.05) is 42.4 Å². The molecule has 2 amide bonds. The van der Waals surface area contributed by atoms with Crippen molar-refractivity contribution in [1.82, 2.24) is 29.8 Å². The Labute approximate surface area is 305 Å². The van der Waals surface area contributed by atoms with Crippen LogP contribution in [0.1, 0.15) is 68.6 Å². The van der Waals surface area contributed by atoms with Gasteiger partial charge in [-0.05, 0) is 64.6 Å². The van der Waals surface area contributed by atoms with Crippen LogP contribution in [-0.4, -0.2) is 104 Å². The molecule has 12 nitrogen and oxygen atoms in total. The zero-order valence-electron chi connectivity index (χ0n) is 32.4. The number of hydrogen-bond donors (Lipinski definition) is 1. The molecule has 3 aromatic rings. The van der Waals surface area contributed by atoms with Crippen LogP contribution < -0.4 is 10.2 Å². The summed E-state index contributed by atoms with van der Waals surface area (Å²) in [5.41, 5.74) is 3.10. The quantitative estimate of drug-likeness (QED) is 0.104. The van der Waals surface area contributed by atoms with Crippen molar-refractivity contribution in [2.75, 3.05) is 38.6 Å². The molecule has 2 aliphatic rings. The third-order valence-corrected chi connectivity index (χ3v) is 13.0. The predicted octanol–water partition coefficient (Wildman–Crippen LogP) is 7.23. The number of amides is 2. The van der Waals surface area contributed by atoms with Crippen LogP contribution in [0.25, 0.3) is 16.8 Å². The van der Waals surface area contributed by atoms with Crippen molar-refractivity contribution in [2.24, 2.45) is 0 Å². The second kappa shape index (κ2) is 15.7. The molecule has 0 aromatic carbocycles. The first-order valence-electron chi connectivity index (χ1n) is 18.4. The molecule has 3 atom stereocenters. The Kier molecular flexibility index (Phi) is 12.0. The number of carbonyl (C=O) groups excluding carboxylic acids is 2. The van der Waals surface area contributed by atoms with Gasteiger partial charge in [-0.3, -0.25) is 9.78 Å². The Morgan fingerprint density at radius 2 is 1.55 bits per heavy atom. The molecule has 0 radical (unpaired) electrons. The number of carbonyl (C=O) groups is 2. The van der Waals surface area contributed by atoms with Gasteiger partial charge >= 0.3 is 6.09 Å². The van der Waals surface area contributed by atoms with Gasteiger partial charge in [-0.1, -0.05) is 45.3 Å². The molecule has 2 unspecified atom stereocenters. The predicted molar refractivity (Wildman–Crippen MR) is 207 cm³/mol. The van der Waals surface area contributed by atoms with Crippen molar-refractivity contribution in [3.8, 4) is 11.1 Å². The summed E-state index contributed by atoms with van der Waals surface area (Å²) < 4.78 is 20.4. The van der Waals surface area contributed by atoms with E-state index in [1.54, 1.807) is 19.3 Å². The number of aromatic nitrogens is 4. The molecule has 1 N–H and O–H groups in total. The normalized spacial score (nSPS) is 19.4. The summed E-state index contributed by atoms with van der Waals surface area (Å²) in [5.74, 6) is 0.749. The number of rotatable bonds is 14. The Bertz CT molecular complexity index is 1630. The second-order valence-electron chi connectivity index (χ2n) is 17.5. The fourth-order valence-corrected chi connectivity index (χ4v) is 8.24. The van der Waals surface area contributed by atoms with Crippen molar-refractivity contribution in [3.05, 3.63) is 42.0 Å². The van der Waals surface area contributed by atoms with E-state index >= 15 is 0 Å². The number of hydrogen-bond acceptors (Lipinski definition) is 9. The highest BCUT2D eigenvalue weighted by atomic mass is 28.3. The summed E-state index contributed by atoms with van der Waals surface area (Å²) in [4.78, 5) is 39.3. The van der Waals surface area contributed by atoms with Gasteiger partial charge in [0.05, 0.1) is 6.20 Å². The smallest absolute Gasteiger partial charge is 0.410 e. The number of nitrogens with zero attached hydrogens (tertiary/aromatic N) is 6. The van der Waals surface area contributed by atoms with Gasteiger partial charge in [-0.2, -0.15) is 9.61 Å². The molecule has 5 rings (SSSR count). The number of piperidine rings is 1. The van der Waals surface area contributed by atoms with E-state index in [0.29, 0.717) is 38.0 Å². The van der Waals surface area contributed by atoms with Crippen molar-refractivity contribution in [3.63, 3.8) is 0 Å². The van der Waals surface area contributed by atoms with Gasteiger partial charge in [0, 0.05) is 83.5 Å². The average molecular weight is 738 g/mol. The first-order chi connectivity index (χ1) is 23.9. The summed E-state index contributed by atoms with van der Waals surface area (Å²) in [6.07, 6.45) is 6.83. The van der Waals surface area contributed by atoms with Crippen LogP contribution >= 0.6 is 0 Å². The van der Waals surface area contributed by atoms with Crippen LogP contribution in [0.2, 0.25) is 51.4 Å². The largest absolute Gasteiger partial charge is 0.444 e. The highest BCUT2D eigenvalue weighted by Crippen LogP contribution is 2.44. The van der Waals surface area contributed by atoms with E-state index in [-0.39, 0.29) is 30.0 Å². The van der Waals surface area contributed by atoms with Gasteiger partial charge in [-0.25, -0.2) is 9.78 Å². The lowest BCUT2D eigenvalue weighted by Crippen LogP contribution is -2.48. The molecule has 14 heteroatoms. The maximum absolute atomic E-state index is 13.3. The number of ether oxygens (including phenoxy) is 3. The standard InChI is InChI=1S/C37H59N7O5Si2/c1-37(2,3)49-36(46)43-28-12-13-29(43)20-27(19-28)32-21-33(42(24-47-15-17-50(5,6)7)25-48-16-18-51(8,9)10)44-34(41-32)30(23-40-44)26-11-14-31(39-22-26)35(45)38-4/h11,14,21-23,27-29H,12-13,15-20,24-25H2,1-10H3,(H,38,45)/t27?,28-,29?/m1/s1. The minimum Gasteiger partial charge on any atom is -0.444 e. The topological polar surface area (TPSA) is 123 Å². The summed E-state index contributed by atoms with van der Waals surface area (Å²) in [7, 11) is -0.975. The van der Waals surface area contributed by atoms with Gasteiger partial charge in [-0.15, -0.1) is 0 Å². The van der Waals surface area contributed by atoms with Crippen molar-refractivity contribution < 1.29 is 23.8 Å². The Morgan fingerprint density at radius 3 is 2.06 bits per heavy atom. The summed E-state index contributed by atoms with van der Waals surface area (Å²) in [6, 6.07) is 8.09. The lowest BCUT2D eigenvalue weighted by molar-refractivity contribution is 0.00568. The maximum atomic E-state index is 13.3. The SMILES string of the molecule is CNC(=O)c1ccc(-c2cnn3c(N(COCC[Si](C)(C)C)COCC[Si](C)(C)C)cc(C4CC5CC[C@H](C4)N5C(=O)OC(C)(C)C)nc23)cn1. The maximum Gasteiger partial charge on any atom is 0.410 e. The molecule has 2 fully saturated rings. The third-order valence-electron chi connectivity index (χ3n) is 9.57. The first-order valence-corrected chi connectivity index (χ1v) is 25.8. The molecule has 3 aromatic heterocycles. The van der Waals surface area contributed by atoms with Crippen LogP contribution in [0, 0.1) is 0 Å². The summed E-state index contributed by atoms with van der Waals surface area (Å²) in [5, 5.41) is 7.49. The molecular weight excluding hydrogens is 679 g/mol. The molecule has 0 aliphatic carbocycles. The molecule has 5 heterocycles. The molecule has 280 valence electrons. The summed E-state index contributed by atoms with van der Waals surface area (Å²) >= 11 is 0. The van der Waals surface area contributed by atoms with E-state index in [4.69, 9.17) is 24.3 Å². The van der Waals surface area contributed by atoms with E-state index in [1.165, 1.54) is 0 Å². The zero-order chi connectivity index (χ0) is 37.1. The molecule has 0 saturated carbocycles. The fraction of sp³-hybridized carbons (Fsp3) is 0.649. The fourth-order valence-electron chi connectivity index (χ4n) is 6.73. The van der Waals surface area contributed by atoms with Crippen molar-refractivity contribution >= 4 is 39.6 Å². The number of nitrogens with one attached hydrogen (secondary N) is 1. The Hall–Kier alpha value is -3.34. The van der Waals surface area contributed by atoms with Gasteiger partial charge in [0.1, 0.15) is 30.6 Å². The van der Waals surface area contributed by atoms with E-state index in [0.717, 1.165) is 60.4 Å². The second-order valence-corrected chi connectivity index (χ2v) is 28.8. The molecule has 0 spiro atoms. The third kappa shape index (κ3) is 10.2. The average Bonchev–Trinajstić information content (AvgIpc) is 3.59. The van der Waals surface area contributed by atoms with Gasteiger partial charge in [0.15, 0.2) is 5.65 Å². The van der Waals surface area contributed by atoms with Crippen molar-refractivity contribution in [1.29, 1.82) is 0 Å². The summed E-state index contributed by atoms with van der Waals surface area (Å²) in [6.45, 7) is 22.0. The monoisotopic (exact) mass is 737 g/mol. The van der Waals surface area contributed by atoms with Gasteiger partial charge in [0.25, 0.3) is 5.91 Å². The number of anilines is 1. The zero-order valence-corrected chi connectivity index (χ0v) is 34.4. The first kappa shape index (κ1) is 38.9. The Balaban J connectivity index is 1.52. The lowest BCUT2D eigenvalue weighted by Gasteiger charge is -2.39.